The van der Waals surface area contributed by atoms with Crippen molar-refractivity contribution in [2.24, 2.45) is 5.92 Å². The maximum Gasteiger partial charge on any atom is 0.309 e. The Bertz CT molecular complexity index is 727. The minimum absolute atomic E-state index is 0.0882. The van der Waals surface area contributed by atoms with Crippen LogP contribution in [0.1, 0.15) is 84.4 Å². The van der Waals surface area contributed by atoms with Gasteiger partial charge < -0.3 is 14.7 Å². The molecule has 0 bridgehead atoms. The van der Waals surface area contributed by atoms with Gasteiger partial charge in [-0.05, 0) is 53.7 Å². The third kappa shape index (κ3) is 5.99. The first-order valence-electron chi connectivity index (χ1n) is 11.2. The van der Waals surface area contributed by atoms with E-state index in [9.17, 15) is 14.7 Å². The Morgan fingerprint density at radius 2 is 1.53 bits per heavy atom. The molecule has 0 unspecified atom stereocenters. The van der Waals surface area contributed by atoms with Gasteiger partial charge in [-0.3, -0.25) is 9.59 Å². The minimum Gasteiger partial charge on any atom is -0.507 e. The molecule has 168 valence electrons. The Hall–Kier alpha value is -2.04. The molecule has 1 aromatic rings. The smallest absolute Gasteiger partial charge is 0.309 e. The molecule has 1 aromatic carbocycles. The summed E-state index contributed by atoms with van der Waals surface area (Å²) >= 11 is 0. The zero-order valence-electron chi connectivity index (χ0n) is 19.8. The van der Waals surface area contributed by atoms with E-state index in [1.807, 2.05) is 24.0 Å². The van der Waals surface area contributed by atoms with Gasteiger partial charge in [0.25, 0.3) is 0 Å². The van der Waals surface area contributed by atoms with E-state index in [0.717, 1.165) is 16.7 Å². The van der Waals surface area contributed by atoms with Crippen LogP contribution < -0.4 is 0 Å². The molecule has 1 heterocycles. The number of aromatic hydroxyl groups is 1. The highest BCUT2D eigenvalue weighted by atomic mass is 16.5. The molecule has 0 saturated carbocycles. The van der Waals surface area contributed by atoms with Crippen LogP contribution in [0.4, 0.5) is 0 Å². The molecule has 30 heavy (non-hydrogen) atoms. The standard InChI is InChI=1S/C25H39NO4/c1-8-30-23(29)18-11-13-26(14-12-18)21(27)10-9-17-15-19(24(2,3)4)22(28)20(16-17)25(5,6)7/h15-16,18,28H,8-14H2,1-7H3. The van der Waals surface area contributed by atoms with Crippen LogP contribution in [0.5, 0.6) is 5.75 Å². The predicted molar refractivity (Wildman–Crippen MR) is 120 cm³/mol. The number of ether oxygens (including phenoxy) is 1. The number of amides is 1. The van der Waals surface area contributed by atoms with Gasteiger partial charge in [-0.25, -0.2) is 0 Å². The molecule has 0 spiro atoms. The predicted octanol–water partition coefficient (Wildman–Crippen LogP) is 4.72. The Morgan fingerprint density at radius 1 is 1.03 bits per heavy atom. The molecule has 1 amide bonds. The summed E-state index contributed by atoms with van der Waals surface area (Å²) < 4.78 is 5.11. The van der Waals surface area contributed by atoms with E-state index < -0.39 is 0 Å². The van der Waals surface area contributed by atoms with Crippen molar-refractivity contribution in [2.75, 3.05) is 19.7 Å². The number of hydrogen-bond donors (Lipinski definition) is 1. The van der Waals surface area contributed by atoms with E-state index >= 15 is 0 Å². The topological polar surface area (TPSA) is 66.8 Å². The quantitative estimate of drug-likeness (QED) is 0.704. The van der Waals surface area contributed by atoms with Crippen molar-refractivity contribution in [3.05, 3.63) is 28.8 Å². The summed E-state index contributed by atoms with van der Waals surface area (Å²) in [5.41, 5.74) is 2.57. The van der Waals surface area contributed by atoms with Crippen LogP contribution in [-0.4, -0.2) is 41.6 Å². The lowest BCUT2D eigenvalue weighted by Gasteiger charge is -2.31. The average Bonchev–Trinajstić information content (AvgIpc) is 2.65. The second-order valence-electron chi connectivity index (χ2n) is 10.4. The summed E-state index contributed by atoms with van der Waals surface area (Å²) in [6, 6.07) is 4.09. The monoisotopic (exact) mass is 417 g/mol. The third-order valence-electron chi connectivity index (χ3n) is 5.88. The molecule has 1 aliphatic heterocycles. The number of piperidine rings is 1. The van der Waals surface area contributed by atoms with Crippen molar-refractivity contribution in [1.82, 2.24) is 4.90 Å². The van der Waals surface area contributed by atoms with Crippen molar-refractivity contribution < 1.29 is 19.4 Å². The van der Waals surface area contributed by atoms with Crippen molar-refractivity contribution in [3.8, 4) is 5.75 Å². The molecule has 5 nitrogen and oxygen atoms in total. The highest BCUT2D eigenvalue weighted by Gasteiger charge is 2.29. The van der Waals surface area contributed by atoms with E-state index in [0.29, 0.717) is 51.1 Å². The number of hydrogen-bond acceptors (Lipinski definition) is 4. The van der Waals surface area contributed by atoms with Gasteiger partial charge in [-0.2, -0.15) is 0 Å². The third-order valence-corrected chi connectivity index (χ3v) is 5.88. The first-order valence-corrected chi connectivity index (χ1v) is 11.2. The van der Waals surface area contributed by atoms with Crippen LogP contribution >= 0.6 is 0 Å². The molecule has 0 aromatic heterocycles. The van der Waals surface area contributed by atoms with Gasteiger partial charge in [0.1, 0.15) is 5.75 Å². The van der Waals surface area contributed by atoms with Gasteiger partial charge in [-0.1, -0.05) is 53.7 Å². The zero-order chi connectivity index (χ0) is 22.7. The second-order valence-corrected chi connectivity index (χ2v) is 10.4. The molecule has 1 N–H and O–H groups in total. The Balaban J connectivity index is 2.07. The summed E-state index contributed by atoms with van der Waals surface area (Å²) in [4.78, 5) is 26.5. The highest BCUT2D eigenvalue weighted by molar-refractivity contribution is 5.77. The number of rotatable bonds is 5. The molecule has 1 aliphatic rings. The first-order chi connectivity index (χ1) is 13.8. The van der Waals surface area contributed by atoms with E-state index in [1.165, 1.54) is 0 Å². The van der Waals surface area contributed by atoms with Gasteiger partial charge in [0.2, 0.25) is 5.91 Å². The summed E-state index contributed by atoms with van der Waals surface area (Å²) in [5.74, 6) is 0.263. The number of aryl methyl sites for hydroxylation is 1. The van der Waals surface area contributed by atoms with Gasteiger partial charge in [-0.15, -0.1) is 0 Å². The van der Waals surface area contributed by atoms with Crippen LogP contribution in [0.2, 0.25) is 0 Å². The second kappa shape index (κ2) is 9.40. The van der Waals surface area contributed by atoms with E-state index in [-0.39, 0.29) is 28.6 Å². The highest BCUT2D eigenvalue weighted by Crippen LogP contribution is 2.40. The lowest BCUT2D eigenvalue weighted by atomic mass is 9.78. The van der Waals surface area contributed by atoms with Crippen molar-refractivity contribution in [3.63, 3.8) is 0 Å². The summed E-state index contributed by atoms with van der Waals surface area (Å²) in [7, 11) is 0. The Morgan fingerprint density at radius 3 is 1.97 bits per heavy atom. The van der Waals surface area contributed by atoms with Gasteiger partial charge >= 0.3 is 5.97 Å². The van der Waals surface area contributed by atoms with Crippen LogP contribution in [-0.2, 0) is 31.6 Å². The van der Waals surface area contributed by atoms with Crippen LogP contribution in [0, 0.1) is 5.92 Å². The number of nitrogens with zero attached hydrogens (tertiary/aromatic N) is 1. The number of likely N-dealkylation sites (tertiary alicyclic amines) is 1. The molecular formula is C25H39NO4. The van der Waals surface area contributed by atoms with E-state index in [1.54, 1.807) is 0 Å². The van der Waals surface area contributed by atoms with Gasteiger partial charge in [0.15, 0.2) is 0 Å². The van der Waals surface area contributed by atoms with Gasteiger partial charge in [0.05, 0.1) is 12.5 Å². The zero-order valence-corrected chi connectivity index (χ0v) is 19.8. The molecule has 5 heteroatoms. The molecule has 0 radical (unpaired) electrons. The fourth-order valence-corrected chi connectivity index (χ4v) is 4.02. The number of esters is 1. The number of carbonyl (C=O) groups is 2. The molecule has 0 aliphatic carbocycles. The van der Waals surface area contributed by atoms with E-state index in [2.05, 4.69) is 41.5 Å². The lowest BCUT2D eigenvalue weighted by molar-refractivity contribution is -0.151. The SMILES string of the molecule is CCOC(=O)C1CCN(C(=O)CCc2cc(C(C)(C)C)c(O)c(C(C)(C)C)c2)CC1. The van der Waals surface area contributed by atoms with Crippen molar-refractivity contribution in [1.29, 1.82) is 0 Å². The Labute approximate surface area is 181 Å². The largest absolute Gasteiger partial charge is 0.507 e. The van der Waals surface area contributed by atoms with Crippen LogP contribution in [0.3, 0.4) is 0 Å². The van der Waals surface area contributed by atoms with Crippen molar-refractivity contribution >= 4 is 11.9 Å². The molecule has 0 atom stereocenters. The van der Waals surface area contributed by atoms with Crippen molar-refractivity contribution in [2.45, 2.75) is 85.0 Å². The summed E-state index contributed by atoms with van der Waals surface area (Å²) in [6.45, 7) is 16.0. The number of carbonyl (C=O) groups excluding carboxylic acids is 2. The number of phenolic OH excluding ortho intramolecular Hbond substituents is 1. The van der Waals surface area contributed by atoms with Gasteiger partial charge in [0, 0.05) is 19.5 Å². The summed E-state index contributed by atoms with van der Waals surface area (Å²) in [5, 5.41) is 10.9. The summed E-state index contributed by atoms with van der Waals surface area (Å²) in [6.07, 6.45) is 2.42. The first kappa shape index (κ1) is 24.2. The molecule has 2 rings (SSSR count). The van der Waals surface area contributed by atoms with Crippen LogP contribution in [0.15, 0.2) is 12.1 Å². The lowest BCUT2D eigenvalue weighted by Crippen LogP contribution is -2.40. The Kier molecular flexibility index (Phi) is 7.59. The fraction of sp³-hybridized carbons (Fsp3) is 0.680. The molecular weight excluding hydrogens is 378 g/mol. The molecule has 1 fully saturated rings. The maximum absolute atomic E-state index is 12.8. The van der Waals surface area contributed by atoms with E-state index in [4.69, 9.17) is 4.74 Å². The minimum atomic E-state index is -0.181. The maximum atomic E-state index is 12.8. The fourth-order valence-electron chi connectivity index (χ4n) is 4.02. The number of benzene rings is 1. The average molecular weight is 418 g/mol. The van der Waals surface area contributed by atoms with Crippen LogP contribution in [0.25, 0.3) is 0 Å². The number of phenols is 1. The normalized spacial score (nSPS) is 15.9. The molecule has 1 saturated heterocycles.